The maximum absolute atomic E-state index is 8.07. The Morgan fingerprint density at radius 1 is 1.29 bits per heavy atom. The molecule has 1 rings (SSSR count). The van der Waals surface area contributed by atoms with E-state index in [4.69, 9.17) is 5.11 Å². The number of aliphatic hydroxyl groups excluding tert-OH is 1. The van der Waals surface area contributed by atoms with Crippen molar-refractivity contribution in [1.82, 2.24) is 5.32 Å². The van der Waals surface area contributed by atoms with E-state index in [2.05, 4.69) is 26.2 Å². The summed E-state index contributed by atoms with van der Waals surface area (Å²) >= 11 is 0. The van der Waals surface area contributed by atoms with Gasteiger partial charge in [0.15, 0.2) is 0 Å². The molecule has 1 fully saturated rings. The van der Waals surface area contributed by atoms with Crippen molar-refractivity contribution in [2.45, 2.75) is 58.4 Å². The van der Waals surface area contributed by atoms with Crippen molar-refractivity contribution in [1.29, 1.82) is 0 Å². The van der Waals surface area contributed by atoms with E-state index in [0.717, 1.165) is 24.8 Å². The van der Waals surface area contributed by atoms with Crippen LogP contribution in [-0.4, -0.2) is 24.8 Å². The van der Waals surface area contributed by atoms with E-state index in [1.807, 2.05) is 0 Å². The van der Waals surface area contributed by atoms with Gasteiger partial charge < -0.3 is 10.4 Å². The van der Waals surface area contributed by atoms with Gasteiger partial charge in [0, 0.05) is 12.6 Å². The lowest BCUT2D eigenvalue weighted by Crippen LogP contribution is -2.28. The first-order chi connectivity index (χ1) is 6.79. The molecule has 0 radical (unpaired) electrons. The monoisotopic (exact) mass is 201 g/mol. The summed E-state index contributed by atoms with van der Waals surface area (Å²) in [6.07, 6.45) is 7.67. The lowest BCUT2D eigenvalue weighted by atomic mass is 10.0. The zero-order valence-corrected chi connectivity index (χ0v) is 10.1. The molecule has 1 saturated carbocycles. The van der Waals surface area contributed by atoms with Crippen LogP contribution in [0.4, 0.5) is 0 Å². The number of nitrogens with one attached hydrogen (secondary N) is 1. The van der Waals surface area contributed by atoms with Crippen molar-refractivity contribution < 1.29 is 5.11 Å². The van der Waals surface area contributed by atoms with E-state index >= 15 is 0 Å². The first-order valence-corrected chi connectivity index (χ1v) is 6.08. The molecular weight excluding hydrogens is 174 g/mol. The molecule has 86 valence electrons. The third-order valence-corrected chi connectivity index (χ3v) is 3.07. The Morgan fingerprint density at radius 3 is 2.29 bits per heavy atom. The van der Waals surface area contributed by atoms with Gasteiger partial charge in [-0.3, -0.25) is 0 Å². The van der Waals surface area contributed by atoms with E-state index in [1.165, 1.54) is 25.7 Å². The molecule has 1 aliphatic rings. The van der Waals surface area contributed by atoms with Gasteiger partial charge in [-0.05, 0) is 32.2 Å². The number of unbranched alkanes of at least 4 members (excludes halogenated alkanes) is 1. The number of hydrogen-bond acceptors (Lipinski definition) is 2. The number of rotatable bonds is 4. The van der Waals surface area contributed by atoms with E-state index in [1.54, 1.807) is 0 Å². The molecule has 0 bridgehead atoms. The third-order valence-electron chi connectivity index (χ3n) is 3.07. The zero-order valence-electron chi connectivity index (χ0n) is 10.1. The van der Waals surface area contributed by atoms with Gasteiger partial charge in [-0.15, -0.1) is 0 Å². The molecule has 14 heavy (non-hydrogen) atoms. The van der Waals surface area contributed by atoms with E-state index in [-0.39, 0.29) is 0 Å². The van der Waals surface area contributed by atoms with Crippen LogP contribution in [-0.2, 0) is 0 Å². The van der Waals surface area contributed by atoms with E-state index in [0.29, 0.717) is 6.61 Å². The minimum Gasteiger partial charge on any atom is -0.396 e. The van der Waals surface area contributed by atoms with Crippen molar-refractivity contribution in [2.24, 2.45) is 5.92 Å². The molecule has 0 aromatic rings. The van der Waals surface area contributed by atoms with Crippen LogP contribution >= 0.6 is 0 Å². The molecule has 0 aromatic carbocycles. The average molecular weight is 201 g/mol. The van der Waals surface area contributed by atoms with Gasteiger partial charge in [0.25, 0.3) is 0 Å². The zero-order chi connectivity index (χ0) is 10.8. The SMILES string of the molecule is CCC1CCCC1NC.CCCCO. The standard InChI is InChI=1S/C8H17N.C4H10O/c1-3-7-5-4-6-8(7)9-2;1-2-3-4-5/h7-9H,3-6H2,1-2H3;5H,2-4H2,1H3. The fraction of sp³-hybridized carbons (Fsp3) is 1.00. The molecule has 2 atom stereocenters. The third kappa shape index (κ3) is 5.61. The maximum Gasteiger partial charge on any atom is 0.0430 e. The van der Waals surface area contributed by atoms with Crippen LogP contribution in [0.25, 0.3) is 0 Å². The lowest BCUT2D eigenvalue weighted by Gasteiger charge is -2.15. The van der Waals surface area contributed by atoms with Crippen molar-refractivity contribution >= 4 is 0 Å². The Hall–Kier alpha value is -0.0800. The second-order valence-corrected chi connectivity index (χ2v) is 4.07. The minimum absolute atomic E-state index is 0.344. The van der Waals surface area contributed by atoms with Gasteiger partial charge in [-0.1, -0.05) is 33.1 Å². The van der Waals surface area contributed by atoms with Crippen LogP contribution in [0.15, 0.2) is 0 Å². The number of aliphatic hydroxyl groups is 1. The molecule has 2 nitrogen and oxygen atoms in total. The Labute approximate surface area is 89.1 Å². The van der Waals surface area contributed by atoms with Crippen LogP contribution in [0, 0.1) is 5.92 Å². The average Bonchev–Trinajstić information content (AvgIpc) is 2.67. The largest absolute Gasteiger partial charge is 0.396 e. The molecule has 0 heterocycles. The molecule has 1 aliphatic carbocycles. The molecule has 0 saturated heterocycles. The van der Waals surface area contributed by atoms with Crippen LogP contribution in [0.5, 0.6) is 0 Å². The minimum atomic E-state index is 0.344. The van der Waals surface area contributed by atoms with Crippen molar-refractivity contribution in [3.05, 3.63) is 0 Å². The lowest BCUT2D eigenvalue weighted by molar-refractivity contribution is 0.287. The predicted molar refractivity (Wildman–Crippen MR) is 62.5 cm³/mol. The van der Waals surface area contributed by atoms with E-state index < -0.39 is 0 Å². The summed E-state index contributed by atoms with van der Waals surface area (Å²) in [5.74, 6) is 0.968. The summed E-state index contributed by atoms with van der Waals surface area (Å²) in [5.41, 5.74) is 0. The van der Waals surface area contributed by atoms with Gasteiger partial charge in [-0.2, -0.15) is 0 Å². The molecule has 0 amide bonds. The van der Waals surface area contributed by atoms with Gasteiger partial charge in [-0.25, -0.2) is 0 Å². The van der Waals surface area contributed by atoms with Crippen molar-refractivity contribution in [3.63, 3.8) is 0 Å². The van der Waals surface area contributed by atoms with Gasteiger partial charge in [0.1, 0.15) is 0 Å². The highest BCUT2D eigenvalue weighted by molar-refractivity contribution is 4.80. The normalized spacial score (nSPS) is 25.7. The van der Waals surface area contributed by atoms with Crippen molar-refractivity contribution in [2.75, 3.05) is 13.7 Å². The van der Waals surface area contributed by atoms with Crippen LogP contribution < -0.4 is 5.32 Å². The summed E-state index contributed by atoms with van der Waals surface area (Å²) < 4.78 is 0. The fourth-order valence-corrected chi connectivity index (χ4v) is 2.06. The maximum atomic E-state index is 8.07. The topological polar surface area (TPSA) is 32.3 Å². The molecular formula is C12H27NO. The highest BCUT2D eigenvalue weighted by Crippen LogP contribution is 2.27. The highest BCUT2D eigenvalue weighted by Gasteiger charge is 2.23. The van der Waals surface area contributed by atoms with Crippen LogP contribution in [0.3, 0.4) is 0 Å². The second-order valence-electron chi connectivity index (χ2n) is 4.07. The Morgan fingerprint density at radius 2 is 2.00 bits per heavy atom. The van der Waals surface area contributed by atoms with Crippen LogP contribution in [0.2, 0.25) is 0 Å². The van der Waals surface area contributed by atoms with Gasteiger partial charge in [0.05, 0.1) is 0 Å². The van der Waals surface area contributed by atoms with Gasteiger partial charge in [0.2, 0.25) is 0 Å². The smallest absolute Gasteiger partial charge is 0.0430 e. The first kappa shape index (κ1) is 13.9. The first-order valence-electron chi connectivity index (χ1n) is 6.08. The van der Waals surface area contributed by atoms with E-state index in [9.17, 15) is 0 Å². The molecule has 0 aliphatic heterocycles. The molecule has 0 aromatic heterocycles. The Kier molecular flexibility index (Phi) is 9.42. The highest BCUT2D eigenvalue weighted by atomic mass is 16.2. The molecule has 2 heteroatoms. The fourth-order valence-electron chi connectivity index (χ4n) is 2.06. The number of hydrogen-bond donors (Lipinski definition) is 2. The predicted octanol–water partition coefficient (Wildman–Crippen LogP) is 2.56. The second kappa shape index (κ2) is 9.47. The molecule has 2 N–H and O–H groups in total. The Balaban J connectivity index is 0.000000292. The summed E-state index contributed by atoms with van der Waals surface area (Å²) in [7, 11) is 2.08. The summed E-state index contributed by atoms with van der Waals surface area (Å²) in [6.45, 7) is 4.69. The van der Waals surface area contributed by atoms with Crippen LogP contribution in [0.1, 0.15) is 52.4 Å². The van der Waals surface area contributed by atoms with Gasteiger partial charge >= 0.3 is 0 Å². The Bertz CT molecular complexity index is 105. The molecule has 0 spiro atoms. The molecule has 2 unspecified atom stereocenters. The summed E-state index contributed by atoms with van der Waals surface area (Å²) in [6, 6.07) is 0.829. The van der Waals surface area contributed by atoms with Crippen molar-refractivity contribution in [3.8, 4) is 0 Å². The quantitative estimate of drug-likeness (QED) is 0.732. The summed E-state index contributed by atoms with van der Waals surface area (Å²) in [5, 5.41) is 11.4. The summed E-state index contributed by atoms with van der Waals surface area (Å²) in [4.78, 5) is 0.